The Hall–Kier alpha value is -2.77. The van der Waals surface area contributed by atoms with Crippen LogP contribution in [-0.2, 0) is 4.74 Å². The summed E-state index contributed by atoms with van der Waals surface area (Å²) in [4.78, 5) is 15.9. The Morgan fingerprint density at radius 1 is 1.32 bits per heavy atom. The number of halogens is 1. The van der Waals surface area contributed by atoms with Crippen LogP contribution in [0.25, 0.3) is 22.6 Å². The fourth-order valence-electron chi connectivity index (χ4n) is 2.09. The van der Waals surface area contributed by atoms with E-state index in [1.54, 1.807) is 36.4 Å². The van der Waals surface area contributed by atoms with E-state index in [1.165, 1.54) is 7.11 Å². The van der Waals surface area contributed by atoms with Gasteiger partial charge in [-0.2, -0.15) is 0 Å². The first-order valence-electron chi connectivity index (χ1n) is 6.37. The molecule has 2 aromatic carbocycles. The molecular formula is C17H10ClNO3. The van der Waals surface area contributed by atoms with Crippen molar-refractivity contribution in [3.05, 3.63) is 52.5 Å². The third kappa shape index (κ3) is 2.54. The van der Waals surface area contributed by atoms with Gasteiger partial charge in [-0.15, -0.1) is 6.42 Å². The molecule has 0 radical (unpaired) electrons. The second-order valence-corrected chi connectivity index (χ2v) is 5.00. The van der Waals surface area contributed by atoms with Gasteiger partial charge in [0.15, 0.2) is 5.58 Å². The van der Waals surface area contributed by atoms with Crippen molar-refractivity contribution >= 4 is 28.7 Å². The molecule has 0 atom stereocenters. The lowest BCUT2D eigenvalue weighted by Crippen LogP contribution is -2.00. The maximum absolute atomic E-state index is 11.5. The number of hydrogen-bond acceptors (Lipinski definition) is 4. The van der Waals surface area contributed by atoms with Gasteiger partial charge >= 0.3 is 5.97 Å². The maximum Gasteiger partial charge on any atom is 0.337 e. The van der Waals surface area contributed by atoms with Crippen LogP contribution in [0.3, 0.4) is 0 Å². The van der Waals surface area contributed by atoms with E-state index in [2.05, 4.69) is 15.6 Å². The highest BCUT2D eigenvalue weighted by molar-refractivity contribution is 6.31. The molecule has 108 valence electrons. The van der Waals surface area contributed by atoms with Gasteiger partial charge in [0.2, 0.25) is 5.89 Å². The predicted molar refractivity (Wildman–Crippen MR) is 83.7 cm³/mol. The molecule has 0 N–H and O–H groups in total. The van der Waals surface area contributed by atoms with E-state index < -0.39 is 5.97 Å². The Labute approximate surface area is 131 Å². The molecule has 5 heteroatoms. The van der Waals surface area contributed by atoms with Crippen molar-refractivity contribution in [3.8, 4) is 23.8 Å². The summed E-state index contributed by atoms with van der Waals surface area (Å²) in [7, 11) is 1.33. The van der Waals surface area contributed by atoms with Gasteiger partial charge in [-0.05, 0) is 36.4 Å². The number of esters is 1. The first-order valence-corrected chi connectivity index (χ1v) is 6.75. The minimum Gasteiger partial charge on any atom is -0.465 e. The maximum atomic E-state index is 11.5. The van der Waals surface area contributed by atoms with E-state index in [9.17, 15) is 4.79 Å². The number of rotatable bonds is 2. The van der Waals surface area contributed by atoms with Crippen LogP contribution in [-0.4, -0.2) is 18.1 Å². The zero-order valence-corrected chi connectivity index (χ0v) is 12.3. The highest BCUT2D eigenvalue weighted by atomic mass is 35.5. The van der Waals surface area contributed by atoms with Gasteiger partial charge in [0.1, 0.15) is 5.52 Å². The van der Waals surface area contributed by atoms with E-state index >= 15 is 0 Å². The smallest absolute Gasteiger partial charge is 0.337 e. The number of benzene rings is 2. The first kappa shape index (κ1) is 14.2. The fraction of sp³-hybridized carbons (Fsp3) is 0.0588. The lowest BCUT2D eigenvalue weighted by molar-refractivity contribution is 0.0601. The summed E-state index contributed by atoms with van der Waals surface area (Å²) < 4.78 is 10.4. The Morgan fingerprint density at radius 2 is 2.14 bits per heavy atom. The van der Waals surface area contributed by atoms with Crippen LogP contribution in [0.2, 0.25) is 5.02 Å². The molecule has 0 bridgehead atoms. The summed E-state index contributed by atoms with van der Waals surface area (Å²) in [6.07, 6.45) is 5.40. The van der Waals surface area contributed by atoms with Crippen molar-refractivity contribution in [1.82, 2.24) is 4.98 Å². The van der Waals surface area contributed by atoms with E-state index in [-0.39, 0.29) is 0 Å². The highest BCUT2D eigenvalue weighted by Gasteiger charge is 2.13. The second kappa shape index (κ2) is 5.55. The normalized spacial score (nSPS) is 10.4. The zero-order chi connectivity index (χ0) is 15.7. The molecular weight excluding hydrogens is 302 g/mol. The van der Waals surface area contributed by atoms with E-state index in [4.69, 9.17) is 22.4 Å². The van der Waals surface area contributed by atoms with Gasteiger partial charge in [-0.3, -0.25) is 0 Å². The SMILES string of the molecule is C#Cc1cc(Cl)cc(-c2nc3ccc(C(=O)OC)cc3o2)c1. The summed E-state index contributed by atoms with van der Waals surface area (Å²) in [6.45, 7) is 0. The molecule has 0 aliphatic heterocycles. The number of aromatic nitrogens is 1. The van der Waals surface area contributed by atoms with Gasteiger partial charge in [0, 0.05) is 16.1 Å². The van der Waals surface area contributed by atoms with Crippen molar-refractivity contribution in [2.24, 2.45) is 0 Å². The van der Waals surface area contributed by atoms with E-state index in [0.717, 1.165) is 0 Å². The van der Waals surface area contributed by atoms with Crippen LogP contribution in [0.4, 0.5) is 0 Å². The molecule has 22 heavy (non-hydrogen) atoms. The molecule has 0 spiro atoms. The molecule has 1 heterocycles. The van der Waals surface area contributed by atoms with Gasteiger partial charge < -0.3 is 9.15 Å². The average molecular weight is 312 g/mol. The van der Waals surface area contributed by atoms with Crippen molar-refractivity contribution < 1.29 is 13.9 Å². The number of hydrogen-bond donors (Lipinski definition) is 0. The number of fused-ring (bicyclic) bond motifs is 1. The molecule has 1 aromatic heterocycles. The summed E-state index contributed by atoms with van der Waals surface area (Å²) in [5.74, 6) is 2.48. The minimum atomic E-state index is -0.433. The zero-order valence-electron chi connectivity index (χ0n) is 11.6. The average Bonchev–Trinajstić information content (AvgIpc) is 2.96. The number of ether oxygens (including phenoxy) is 1. The van der Waals surface area contributed by atoms with Crippen molar-refractivity contribution in [2.45, 2.75) is 0 Å². The third-order valence-electron chi connectivity index (χ3n) is 3.12. The molecule has 0 saturated carbocycles. The first-order chi connectivity index (χ1) is 10.6. The van der Waals surface area contributed by atoms with Crippen molar-refractivity contribution in [1.29, 1.82) is 0 Å². The van der Waals surface area contributed by atoms with Crippen LogP contribution in [0.1, 0.15) is 15.9 Å². The summed E-state index contributed by atoms with van der Waals surface area (Å²) in [6, 6.07) is 10.1. The standard InChI is InChI=1S/C17H10ClNO3/c1-3-10-6-12(8-13(18)7-10)16-19-14-5-4-11(17(20)21-2)9-15(14)22-16/h1,4-9H,2H3. The van der Waals surface area contributed by atoms with Crippen LogP contribution in [0, 0.1) is 12.3 Å². The van der Waals surface area contributed by atoms with E-state index in [1.807, 2.05) is 0 Å². The molecule has 0 fully saturated rings. The van der Waals surface area contributed by atoms with Gasteiger partial charge in [-0.25, -0.2) is 9.78 Å². The molecule has 0 aliphatic rings. The number of carbonyl (C=O) groups is 1. The van der Waals surface area contributed by atoms with Crippen LogP contribution < -0.4 is 0 Å². The van der Waals surface area contributed by atoms with Gasteiger partial charge in [-0.1, -0.05) is 17.5 Å². The summed E-state index contributed by atoms with van der Waals surface area (Å²) in [5.41, 5.74) is 2.83. The number of terminal acetylenes is 1. The molecule has 4 nitrogen and oxygen atoms in total. The Morgan fingerprint density at radius 3 is 2.86 bits per heavy atom. The molecule has 0 amide bonds. The number of nitrogens with zero attached hydrogens (tertiary/aromatic N) is 1. The largest absolute Gasteiger partial charge is 0.465 e. The lowest BCUT2D eigenvalue weighted by atomic mass is 10.1. The molecule has 3 rings (SSSR count). The Kier molecular flexibility index (Phi) is 3.58. The quantitative estimate of drug-likeness (QED) is 0.532. The fourth-order valence-corrected chi connectivity index (χ4v) is 2.32. The molecule has 0 unspecified atom stereocenters. The second-order valence-electron chi connectivity index (χ2n) is 4.57. The molecule has 0 aliphatic carbocycles. The number of carbonyl (C=O) groups excluding carboxylic acids is 1. The van der Waals surface area contributed by atoms with Crippen molar-refractivity contribution in [2.75, 3.05) is 7.11 Å². The van der Waals surface area contributed by atoms with E-state index in [0.29, 0.717) is 38.7 Å². The summed E-state index contributed by atoms with van der Waals surface area (Å²) >= 11 is 6.04. The number of methoxy groups -OCH3 is 1. The monoisotopic (exact) mass is 311 g/mol. The lowest BCUT2D eigenvalue weighted by Gasteiger charge is -1.98. The third-order valence-corrected chi connectivity index (χ3v) is 3.34. The molecule has 3 aromatic rings. The highest BCUT2D eigenvalue weighted by Crippen LogP contribution is 2.28. The van der Waals surface area contributed by atoms with Crippen LogP contribution >= 0.6 is 11.6 Å². The minimum absolute atomic E-state index is 0.385. The predicted octanol–water partition coefficient (Wildman–Crippen LogP) is 3.92. The van der Waals surface area contributed by atoms with Gasteiger partial charge in [0.05, 0.1) is 12.7 Å². The Bertz CT molecular complexity index is 921. The molecule has 0 saturated heterocycles. The summed E-state index contributed by atoms with van der Waals surface area (Å²) in [5, 5.41) is 0.503. The van der Waals surface area contributed by atoms with Crippen LogP contribution in [0.15, 0.2) is 40.8 Å². The topological polar surface area (TPSA) is 52.3 Å². The Balaban J connectivity index is 2.11. The van der Waals surface area contributed by atoms with Crippen LogP contribution in [0.5, 0.6) is 0 Å². The van der Waals surface area contributed by atoms with Crippen molar-refractivity contribution in [3.63, 3.8) is 0 Å². The van der Waals surface area contributed by atoms with Gasteiger partial charge in [0.25, 0.3) is 0 Å². The number of oxazole rings is 1.